The molecule has 234 valence electrons. The molecule has 2 aromatic carbocycles. The zero-order chi connectivity index (χ0) is 31.1. The summed E-state index contributed by atoms with van der Waals surface area (Å²) in [6.07, 6.45) is 1.05. The molecular weight excluding hydrogens is 556 g/mol. The molecule has 4 aromatic rings. The highest BCUT2D eigenvalue weighted by molar-refractivity contribution is 5.80. The quantitative estimate of drug-likeness (QED) is 0.141. The fraction of sp³-hybridized carbons (Fsp3) is 0.441. The van der Waals surface area contributed by atoms with Gasteiger partial charge in [0.25, 0.3) is 0 Å². The maximum atomic E-state index is 11.9. The minimum atomic E-state index is -0.210. The Morgan fingerprint density at radius 3 is 2.68 bits per heavy atom. The number of anilines is 2. The molecular formula is C34H44N6O4. The number of nitrogens with one attached hydrogen (secondary N) is 2. The van der Waals surface area contributed by atoms with Crippen molar-refractivity contribution in [2.45, 2.75) is 59.7 Å². The number of nitrogens with zero attached hydrogens (tertiary/aromatic N) is 4. The van der Waals surface area contributed by atoms with Crippen LogP contribution in [0.2, 0.25) is 0 Å². The van der Waals surface area contributed by atoms with Gasteiger partial charge in [-0.05, 0) is 87.2 Å². The number of carbonyl (C=O) groups excluding carboxylic acids is 1. The second kappa shape index (κ2) is 14.5. The minimum Gasteiger partial charge on any atom is -0.506 e. The van der Waals surface area contributed by atoms with Crippen LogP contribution in [0.25, 0.3) is 11.0 Å². The number of morpholine rings is 1. The highest BCUT2D eigenvalue weighted by Crippen LogP contribution is 2.26. The molecule has 0 saturated carbocycles. The summed E-state index contributed by atoms with van der Waals surface area (Å²) in [6.45, 7) is 13.2. The lowest BCUT2D eigenvalue weighted by molar-refractivity contribution is -0.148. The first-order chi connectivity index (χ1) is 21.3. The predicted octanol–water partition coefficient (Wildman–Crippen LogP) is 5.18. The Morgan fingerprint density at radius 1 is 1.07 bits per heavy atom. The fourth-order valence-electron chi connectivity index (χ4n) is 5.74. The average Bonchev–Trinajstić information content (AvgIpc) is 3.32. The van der Waals surface area contributed by atoms with Crippen LogP contribution in [0.15, 0.2) is 48.5 Å². The predicted molar refractivity (Wildman–Crippen MR) is 173 cm³/mol. The lowest BCUT2D eigenvalue weighted by Crippen LogP contribution is -2.44. The zero-order valence-corrected chi connectivity index (χ0v) is 26.2. The maximum absolute atomic E-state index is 11.9. The van der Waals surface area contributed by atoms with Gasteiger partial charge in [-0.25, -0.2) is 4.98 Å². The van der Waals surface area contributed by atoms with Gasteiger partial charge in [-0.3, -0.25) is 14.7 Å². The van der Waals surface area contributed by atoms with Gasteiger partial charge in [0, 0.05) is 44.1 Å². The van der Waals surface area contributed by atoms with E-state index in [1.165, 1.54) is 11.1 Å². The van der Waals surface area contributed by atoms with Gasteiger partial charge in [0.1, 0.15) is 11.4 Å². The Labute approximate surface area is 259 Å². The van der Waals surface area contributed by atoms with E-state index in [0.717, 1.165) is 60.0 Å². The van der Waals surface area contributed by atoms with Crippen molar-refractivity contribution in [1.29, 1.82) is 0 Å². The van der Waals surface area contributed by atoms with Gasteiger partial charge in [0.05, 0.1) is 43.3 Å². The number of pyridine rings is 1. The first-order valence-corrected chi connectivity index (χ1v) is 15.5. The van der Waals surface area contributed by atoms with E-state index in [0.29, 0.717) is 38.5 Å². The SMILES string of the molecule is CCOC(=O)CC1CN(CCCNc2nc3ccc(CNc4cc(C)cc(C)c4)cc3n2Cc2nc(C)ccc2O)CCO1. The molecule has 1 unspecified atom stereocenters. The molecule has 1 aliphatic heterocycles. The molecule has 10 nitrogen and oxygen atoms in total. The second-order valence-electron chi connectivity index (χ2n) is 11.6. The van der Waals surface area contributed by atoms with Gasteiger partial charge in [-0.15, -0.1) is 0 Å². The van der Waals surface area contributed by atoms with E-state index < -0.39 is 0 Å². The molecule has 5 rings (SSSR count). The van der Waals surface area contributed by atoms with Crippen molar-refractivity contribution < 1.29 is 19.4 Å². The monoisotopic (exact) mass is 600 g/mol. The van der Waals surface area contributed by atoms with Crippen LogP contribution < -0.4 is 10.6 Å². The number of imidazole rings is 1. The van der Waals surface area contributed by atoms with Crippen LogP contribution in [0.3, 0.4) is 0 Å². The molecule has 1 aliphatic rings. The normalized spacial score (nSPS) is 15.4. The fourth-order valence-corrected chi connectivity index (χ4v) is 5.74. The number of carbonyl (C=O) groups is 1. The molecule has 0 amide bonds. The van der Waals surface area contributed by atoms with Crippen LogP contribution in [-0.4, -0.2) is 76.0 Å². The smallest absolute Gasteiger partial charge is 0.308 e. The third-order valence-corrected chi connectivity index (χ3v) is 7.79. The number of ether oxygens (including phenoxy) is 2. The van der Waals surface area contributed by atoms with Crippen LogP contribution >= 0.6 is 0 Å². The van der Waals surface area contributed by atoms with Crippen molar-refractivity contribution in [3.05, 3.63) is 76.6 Å². The van der Waals surface area contributed by atoms with E-state index in [9.17, 15) is 9.90 Å². The largest absolute Gasteiger partial charge is 0.506 e. The van der Waals surface area contributed by atoms with Gasteiger partial charge >= 0.3 is 5.97 Å². The summed E-state index contributed by atoms with van der Waals surface area (Å²) < 4.78 is 13.0. The molecule has 1 saturated heterocycles. The van der Waals surface area contributed by atoms with Crippen molar-refractivity contribution in [3.63, 3.8) is 0 Å². The lowest BCUT2D eigenvalue weighted by Gasteiger charge is -2.32. The van der Waals surface area contributed by atoms with Crippen molar-refractivity contribution in [3.8, 4) is 5.75 Å². The maximum Gasteiger partial charge on any atom is 0.308 e. The molecule has 0 spiro atoms. The Balaban J connectivity index is 1.28. The summed E-state index contributed by atoms with van der Waals surface area (Å²) in [5, 5.41) is 17.7. The summed E-state index contributed by atoms with van der Waals surface area (Å²) in [5.74, 6) is 0.697. The molecule has 3 N–H and O–H groups in total. The molecule has 10 heteroatoms. The summed E-state index contributed by atoms with van der Waals surface area (Å²) in [7, 11) is 0. The van der Waals surface area contributed by atoms with Crippen LogP contribution in [0.5, 0.6) is 5.75 Å². The van der Waals surface area contributed by atoms with E-state index in [2.05, 4.69) is 75.3 Å². The average molecular weight is 601 g/mol. The van der Waals surface area contributed by atoms with Crippen LogP contribution in [0.1, 0.15) is 47.8 Å². The second-order valence-corrected chi connectivity index (χ2v) is 11.6. The number of rotatable bonds is 13. The van der Waals surface area contributed by atoms with Gasteiger partial charge in [0.15, 0.2) is 0 Å². The van der Waals surface area contributed by atoms with Crippen LogP contribution in [0.4, 0.5) is 11.6 Å². The summed E-state index contributed by atoms with van der Waals surface area (Å²) in [4.78, 5) is 23.8. The van der Waals surface area contributed by atoms with E-state index in [1.807, 2.05) is 19.9 Å². The summed E-state index contributed by atoms with van der Waals surface area (Å²) in [5.41, 5.74) is 8.00. The Kier molecular flexibility index (Phi) is 10.3. The standard InChI is InChI=1S/C34H44N6O4/c1-5-43-33(42)19-28-21-39(13-14-44-28)12-6-11-35-34-38-29-9-8-26(20-36-27-16-23(2)15-24(3)17-27)18-31(29)40(34)22-30-32(41)10-7-25(4)37-30/h7-10,15-18,28,36,41H,5-6,11-14,19-22H2,1-4H3,(H,35,38). The van der Waals surface area contributed by atoms with E-state index in [4.69, 9.17) is 14.5 Å². The van der Waals surface area contributed by atoms with E-state index in [-0.39, 0.29) is 24.2 Å². The molecule has 1 fully saturated rings. The third kappa shape index (κ3) is 8.27. The molecule has 1 atom stereocenters. The van der Waals surface area contributed by atoms with Crippen molar-refractivity contribution >= 4 is 28.6 Å². The molecule has 3 heterocycles. The molecule has 44 heavy (non-hydrogen) atoms. The van der Waals surface area contributed by atoms with Crippen molar-refractivity contribution in [1.82, 2.24) is 19.4 Å². The Bertz CT molecular complexity index is 1570. The van der Waals surface area contributed by atoms with Crippen molar-refractivity contribution in [2.24, 2.45) is 0 Å². The number of hydrogen-bond donors (Lipinski definition) is 3. The first kappa shape index (κ1) is 31.3. The molecule has 0 radical (unpaired) electrons. The summed E-state index contributed by atoms with van der Waals surface area (Å²) in [6, 6.07) is 16.3. The number of benzene rings is 2. The van der Waals surface area contributed by atoms with E-state index >= 15 is 0 Å². The van der Waals surface area contributed by atoms with E-state index in [1.54, 1.807) is 6.07 Å². The topological polar surface area (TPSA) is 114 Å². The number of aromatic nitrogens is 3. The van der Waals surface area contributed by atoms with Gasteiger partial charge in [0.2, 0.25) is 5.95 Å². The molecule has 2 aromatic heterocycles. The number of fused-ring (bicyclic) bond motifs is 1. The van der Waals surface area contributed by atoms with Gasteiger partial charge < -0.3 is 29.8 Å². The van der Waals surface area contributed by atoms with Crippen LogP contribution in [-0.2, 0) is 27.4 Å². The number of aromatic hydroxyl groups is 1. The minimum absolute atomic E-state index is 0.131. The number of aryl methyl sites for hydroxylation is 3. The van der Waals surface area contributed by atoms with Crippen molar-refractivity contribution in [2.75, 3.05) is 50.0 Å². The number of hydrogen-bond acceptors (Lipinski definition) is 9. The number of esters is 1. The highest BCUT2D eigenvalue weighted by Gasteiger charge is 2.23. The lowest BCUT2D eigenvalue weighted by atomic mass is 10.1. The summed E-state index contributed by atoms with van der Waals surface area (Å²) >= 11 is 0. The van der Waals surface area contributed by atoms with Gasteiger partial charge in [-0.2, -0.15) is 0 Å². The Hall–Kier alpha value is -4.15. The Morgan fingerprint density at radius 2 is 1.89 bits per heavy atom. The van der Waals surface area contributed by atoms with Gasteiger partial charge in [-0.1, -0.05) is 12.1 Å². The molecule has 0 aliphatic carbocycles. The third-order valence-electron chi connectivity index (χ3n) is 7.79. The van der Waals surface area contributed by atoms with Crippen LogP contribution in [0, 0.1) is 20.8 Å². The zero-order valence-electron chi connectivity index (χ0n) is 26.2. The first-order valence-electron chi connectivity index (χ1n) is 15.5. The highest BCUT2D eigenvalue weighted by atomic mass is 16.5. The molecule has 0 bridgehead atoms.